The van der Waals surface area contributed by atoms with Gasteiger partial charge in [-0.15, -0.1) is 11.3 Å². The maximum Gasteiger partial charge on any atom is 0.244 e. The number of carbonyl (C=O) groups excluding carboxylic acids is 1. The average molecular weight is 398 g/mol. The lowest BCUT2D eigenvalue weighted by molar-refractivity contribution is -0.116. The molecule has 0 saturated carbocycles. The van der Waals surface area contributed by atoms with Gasteiger partial charge in [0.1, 0.15) is 17.6 Å². The molecular weight excluding hydrogens is 382 g/mol. The molecule has 1 amide bonds. The molecule has 0 spiro atoms. The van der Waals surface area contributed by atoms with Crippen LogP contribution in [0.5, 0.6) is 0 Å². The van der Waals surface area contributed by atoms with Gasteiger partial charge in [0.05, 0.1) is 11.1 Å². The fourth-order valence-corrected chi connectivity index (χ4v) is 4.94. The Morgan fingerprint density at radius 2 is 2.11 bits per heavy atom. The number of nitrogens with one attached hydrogen (secondary N) is 1. The SMILES string of the molecule is N#Cc1c(NC(=O)Cn2ccc(=O)c3cc(Cl)ccc32)sc2c1CCCC2. The Hall–Kier alpha value is -2.62. The van der Waals surface area contributed by atoms with E-state index in [2.05, 4.69) is 11.4 Å². The Labute approximate surface area is 164 Å². The van der Waals surface area contributed by atoms with Crippen molar-refractivity contribution in [1.82, 2.24) is 4.57 Å². The summed E-state index contributed by atoms with van der Waals surface area (Å²) in [5.74, 6) is -0.231. The standard InChI is InChI=1S/C20H16ClN3O2S/c21-12-5-6-16-14(9-12)17(25)7-8-24(16)11-19(26)23-20-15(10-22)13-3-1-2-4-18(13)27-20/h5-9H,1-4,11H2,(H,23,26). The first-order chi connectivity index (χ1) is 13.1. The van der Waals surface area contributed by atoms with Crippen molar-refractivity contribution in [3.05, 3.63) is 61.7 Å². The highest BCUT2D eigenvalue weighted by molar-refractivity contribution is 7.16. The highest BCUT2D eigenvalue weighted by Gasteiger charge is 2.21. The van der Waals surface area contributed by atoms with Crippen LogP contribution in [-0.4, -0.2) is 10.5 Å². The van der Waals surface area contributed by atoms with Gasteiger partial charge in [-0.2, -0.15) is 5.26 Å². The lowest BCUT2D eigenvalue weighted by atomic mass is 9.96. The summed E-state index contributed by atoms with van der Waals surface area (Å²) in [5.41, 5.74) is 2.20. The first-order valence-corrected chi connectivity index (χ1v) is 9.89. The molecule has 4 rings (SSSR count). The normalized spacial score (nSPS) is 13.2. The number of anilines is 1. The molecule has 136 valence electrons. The van der Waals surface area contributed by atoms with E-state index in [1.165, 1.54) is 22.3 Å². The lowest BCUT2D eigenvalue weighted by Crippen LogP contribution is -2.20. The molecule has 2 aromatic heterocycles. The summed E-state index contributed by atoms with van der Waals surface area (Å²) in [5, 5.41) is 14.0. The maximum atomic E-state index is 12.6. The number of hydrogen-bond acceptors (Lipinski definition) is 4. The Morgan fingerprint density at radius 3 is 2.93 bits per heavy atom. The van der Waals surface area contributed by atoms with Crippen molar-refractivity contribution >= 4 is 44.7 Å². The number of carbonyl (C=O) groups is 1. The number of aryl methyl sites for hydroxylation is 1. The molecule has 1 aromatic carbocycles. The Balaban J connectivity index is 1.62. The fourth-order valence-electron chi connectivity index (χ4n) is 3.51. The smallest absolute Gasteiger partial charge is 0.244 e. The molecular formula is C20H16ClN3O2S. The number of thiophene rings is 1. The van der Waals surface area contributed by atoms with Crippen LogP contribution in [0.2, 0.25) is 5.02 Å². The number of fused-ring (bicyclic) bond motifs is 2. The van der Waals surface area contributed by atoms with Crippen molar-refractivity contribution < 1.29 is 4.79 Å². The second-order valence-corrected chi connectivity index (χ2v) is 8.09. The Kier molecular flexibility index (Phi) is 4.73. The van der Waals surface area contributed by atoms with E-state index in [0.29, 0.717) is 26.5 Å². The summed E-state index contributed by atoms with van der Waals surface area (Å²) < 4.78 is 1.71. The van der Waals surface area contributed by atoms with Gasteiger partial charge in [-0.05, 0) is 49.4 Å². The quantitative estimate of drug-likeness (QED) is 0.722. The third-order valence-electron chi connectivity index (χ3n) is 4.79. The number of hydrogen-bond donors (Lipinski definition) is 1. The predicted molar refractivity (Wildman–Crippen MR) is 108 cm³/mol. The van der Waals surface area contributed by atoms with Crippen LogP contribution in [0.4, 0.5) is 5.00 Å². The van der Waals surface area contributed by atoms with Crippen LogP contribution in [0, 0.1) is 11.3 Å². The second-order valence-electron chi connectivity index (χ2n) is 6.54. The number of pyridine rings is 1. The number of rotatable bonds is 3. The first-order valence-electron chi connectivity index (χ1n) is 8.70. The van der Waals surface area contributed by atoms with Crippen LogP contribution in [0.25, 0.3) is 10.9 Å². The molecule has 7 heteroatoms. The van der Waals surface area contributed by atoms with Crippen LogP contribution in [0.3, 0.4) is 0 Å². The predicted octanol–water partition coefficient (Wildman–Crippen LogP) is 4.11. The van der Waals surface area contributed by atoms with Gasteiger partial charge in [0, 0.05) is 27.5 Å². The summed E-state index contributed by atoms with van der Waals surface area (Å²) >= 11 is 7.48. The van der Waals surface area contributed by atoms with Gasteiger partial charge in [-0.1, -0.05) is 11.6 Å². The molecule has 5 nitrogen and oxygen atoms in total. The van der Waals surface area contributed by atoms with Crippen molar-refractivity contribution in [2.75, 3.05) is 5.32 Å². The third-order valence-corrected chi connectivity index (χ3v) is 6.23. The van der Waals surface area contributed by atoms with E-state index >= 15 is 0 Å². The zero-order chi connectivity index (χ0) is 19.0. The van der Waals surface area contributed by atoms with Crippen molar-refractivity contribution in [3.8, 4) is 6.07 Å². The molecule has 0 unspecified atom stereocenters. The van der Waals surface area contributed by atoms with Crippen LogP contribution in [0.15, 0.2) is 35.3 Å². The maximum absolute atomic E-state index is 12.6. The summed E-state index contributed by atoms with van der Waals surface area (Å²) in [6.07, 6.45) is 5.67. The number of benzene rings is 1. The Morgan fingerprint density at radius 1 is 1.30 bits per heavy atom. The number of halogens is 1. The monoisotopic (exact) mass is 397 g/mol. The van der Waals surface area contributed by atoms with Crippen molar-refractivity contribution in [2.24, 2.45) is 0 Å². The minimum Gasteiger partial charge on any atom is -0.338 e. The summed E-state index contributed by atoms with van der Waals surface area (Å²) in [6.45, 7) is 0.0475. The minimum absolute atomic E-state index is 0.0475. The highest BCUT2D eigenvalue weighted by Crippen LogP contribution is 2.37. The van der Waals surface area contributed by atoms with Crippen molar-refractivity contribution in [3.63, 3.8) is 0 Å². The van der Waals surface area contributed by atoms with Crippen LogP contribution >= 0.6 is 22.9 Å². The van der Waals surface area contributed by atoms with Gasteiger partial charge >= 0.3 is 0 Å². The molecule has 0 fully saturated rings. The summed E-state index contributed by atoms with van der Waals surface area (Å²) in [4.78, 5) is 25.9. The Bertz CT molecular complexity index is 1160. The fraction of sp³-hybridized carbons (Fsp3) is 0.250. The van der Waals surface area contributed by atoms with Crippen LogP contribution in [-0.2, 0) is 24.2 Å². The molecule has 3 aromatic rings. The van der Waals surface area contributed by atoms with E-state index in [4.69, 9.17) is 11.6 Å². The highest BCUT2D eigenvalue weighted by atomic mass is 35.5. The number of aromatic nitrogens is 1. The van der Waals surface area contributed by atoms with E-state index < -0.39 is 0 Å². The van der Waals surface area contributed by atoms with E-state index in [-0.39, 0.29) is 17.9 Å². The van der Waals surface area contributed by atoms with E-state index in [1.54, 1.807) is 29.0 Å². The molecule has 1 aliphatic rings. The average Bonchev–Trinajstić information content (AvgIpc) is 3.01. The molecule has 0 aliphatic heterocycles. The zero-order valence-corrected chi connectivity index (χ0v) is 16.0. The van der Waals surface area contributed by atoms with E-state index in [9.17, 15) is 14.9 Å². The lowest BCUT2D eigenvalue weighted by Gasteiger charge is -2.11. The van der Waals surface area contributed by atoms with E-state index in [1.807, 2.05) is 0 Å². The molecule has 27 heavy (non-hydrogen) atoms. The van der Waals surface area contributed by atoms with Gasteiger partial charge in [-0.3, -0.25) is 9.59 Å². The number of nitrogens with zero attached hydrogens (tertiary/aromatic N) is 2. The van der Waals surface area contributed by atoms with Crippen LogP contribution < -0.4 is 10.7 Å². The van der Waals surface area contributed by atoms with Crippen molar-refractivity contribution in [2.45, 2.75) is 32.2 Å². The minimum atomic E-state index is -0.231. The topological polar surface area (TPSA) is 74.9 Å². The molecule has 0 radical (unpaired) electrons. The number of nitriles is 1. The summed E-state index contributed by atoms with van der Waals surface area (Å²) in [6, 6.07) is 8.71. The third kappa shape index (κ3) is 3.36. The molecule has 2 heterocycles. The van der Waals surface area contributed by atoms with Gasteiger partial charge in [0.2, 0.25) is 5.91 Å². The largest absolute Gasteiger partial charge is 0.338 e. The summed E-state index contributed by atoms with van der Waals surface area (Å²) in [7, 11) is 0. The van der Waals surface area contributed by atoms with Gasteiger partial charge < -0.3 is 9.88 Å². The van der Waals surface area contributed by atoms with Gasteiger partial charge in [0.25, 0.3) is 0 Å². The molecule has 0 atom stereocenters. The van der Waals surface area contributed by atoms with E-state index in [0.717, 1.165) is 31.2 Å². The first kappa shape index (κ1) is 17.8. The number of amides is 1. The molecule has 0 bridgehead atoms. The van der Waals surface area contributed by atoms with Crippen LogP contribution in [0.1, 0.15) is 28.8 Å². The molecule has 1 N–H and O–H groups in total. The molecule has 0 saturated heterocycles. The zero-order valence-electron chi connectivity index (χ0n) is 14.4. The van der Waals surface area contributed by atoms with Gasteiger partial charge in [0.15, 0.2) is 5.43 Å². The second kappa shape index (κ2) is 7.18. The molecule has 1 aliphatic carbocycles. The van der Waals surface area contributed by atoms with Crippen molar-refractivity contribution in [1.29, 1.82) is 5.26 Å². The van der Waals surface area contributed by atoms with Gasteiger partial charge in [-0.25, -0.2) is 0 Å².